The van der Waals surface area contributed by atoms with Crippen LogP contribution in [0.15, 0.2) is 23.2 Å². The molecule has 3 aliphatic rings. The minimum absolute atomic E-state index is 0.207. The largest absolute Gasteiger partial charge is 0.369 e. The van der Waals surface area contributed by atoms with Crippen molar-refractivity contribution in [3.05, 3.63) is 33.8 Å². The van der Waals surface area contributed by atoms with Crippen molar-refractivity contribution in [3.8, 4) is 0 Å². The van der Waals surface area contributed by atoms with Gasteiger partial charge in [0, 0.05) is 39.8 Å². The molecule has 3 N–H and O–H groups in total. The second-order valence-corrected chi connectivity index (χ2v) is 8.61. The molecule has 0 aliphatic carbocycles. The second-order valence-electron chi connectivity index (χ2n) is 7.80. The van der Waals surface area contributed by atoms with Crippen LogP contribution in [0.5, 0.6) is 0 Å². The van der Waals surface area contributed by atoms with Crippen LogP contribution in [0.3, 0.4) is 0 Å². The Kier molecular flexibility index (Phi) is 5.96. The fourth-order valence-electron chi connectivity index (χ4n) is 4.10. The smallest absolute Gasteiger partial charge is 0.325 e. The van der Waals surface area contributed by atoms with E-state index in [9.17, 15) is 14.4 Å². The zero-order valence-electron chi connectivity index (χ0n) is 16.9. The van der Waals surface area contributed by atoms with Gasteiger partial charge in [-0.3, -0.25) is 19.8 Å². The highest BCUT2D eigenvalue weighted by Gasteiger charge is 2.49. The van der Waals surface area contributed by atoms with E-state index in [2.05, 4.69) is 10.2 Å². The van der Waals surface area contributed by atoms with Crippen LogP contribution in [0, 0.1) is 0 Å². The predicted molar refractivity (Wildman–Crippen MR) is 116 cm³/mol. The number of imide groups is 1. The lowest BCUT2D eigenvalue weighted by molar-refractivity contribution is -0.127. The highest BCUT2D eigenvalue weighted by molar-refractivity contribution is 6.42. The Morgan fingerprint density at radius 1 is 1.19 bits per heavy atom. The minimum Gasteiger partial charge on any atom is -0.369 e. The summed E-state index contributed by atoms with van der Waals surface area (Å²) in [6.07, 6.45) is -0.623. The first-order chi connectivity index (χ1) is 14.7. The average Bonchev–Trinajstić information content (AvgIpc) is 3.09. The number of carbonyl (C=O) groups excluding carboxylic acids is 3. The average molecular weight is 468 g/mol. The number of nitrogens with zero attached hydrogens (tertiary/aromatic N) is 5. The number of likely N-dealkylation sites (N-methyl/N-ethyl adjacent to an activating group) is 1. The van der Waals surface area contributed by atoms with E-state index in [-0.39, 0.29) is 18.4 Å². The molecule has 3 heterocycles. The van der Waals surface area contributed by atoms with Crippen LogP contribution in [0.1, 0.15) is 5.56 Å². The van der Waals surface area contributed by atoms with Gasteiger partial charge in [-0.1, -0.05) is 29.3 Å². The quantitative estimate of drug-likeness (QED) is 0.650. The lowest BCUT2D eigenvalue weighted by Gasteiger charge is -2.40. The van der Waals surface area contributed by atoms with Gasteiger partial charge in [-0.15, -0.1) is 0 Å². The number of fused-ring (bicyclic) bond motifs is 1. The topological polar surface area (TPSA) is 115 Å². The number of hydrogen-bond donors (Lipinski definition) is 2. The molecule has 166 valence electrons. The number of guanidine groups is 1. The van der Waals surface area contributed by atoms with Gasteiger partial charge in [0.25, 0.3) is 5.91 Å². The fourth-order valence-corrected chi connectivity index (χ4v) is 4.43. The number of piperazine rings is 1. The van der Waals surface area contributed by atoms with Crippen molar-refractivity contribution in [2.75, 3.05) is 39.8 Å². The Bertz CT molecular complexity index is 948. The van der Waals surface area contributed by atoms with Gasteiger partial charge in [0.15, 0.2) is 18.2 Å². The minimum atomic E-state index is -0.657. The van der Waals surface area contributed by atoms with Gasteiger partial charge in [0.1, 0.15) is 0 Å². The van der Waals surface area contributed by atoms with E-state index < -0.39 is 18.2 Å². The number of halogens is 2. The Balaban J connectivity index is 1.60. The molecule has 12 heteroatoms. The summed E-state index contributed by atoms with van der Waals surface area (Å²) in [4.78, 5) is 48.2. The van der Waals surface area contributed by atoms with E-state index in [0.29, 0.717) is 48.7 Å². The number of amides is 4. The Labute approximate surface area is 189 Å². The number of carbonyl (C=O) groups is 3. The van der Waals surface area contributed by atoms with Crippen LogP contribution in [0.4, 0.5) is 4.79 Å². The fraction of sp³-hybridized carbons (Fsp3) is 0.474. The van der Waals surface area contributed by atoms with Crippen LogP contribution < -0.4 is 11.1 Å². The van der Waals surface area contributed by atoms with Crippen molar-refractivity contribution < 1.29 is 14.4 Å². The Morgan fingerprint density at radius 2 is 1.90 bits per heavy atom. The number of urea groups is 1. The molecule has 2 fully saturated rings. The first-order valence-electron chi connectivity index (χ1n) is 9.86. The van der Waals surface area contributed by atoms with E-state index in [4.69, 9.17) is 33.9 Å². The summed E-state index contributed by atoms with van der Waals surface area (Å²) in [5.41, 5.74) is 6.17. The van der Waals surface area contributed by atoms with Gasteiger partial charge in [0.05, 0.1) is 16.6 Å². The molecule has 2 saturated heterocycles. The van der Waals surface area contributed by atoms with Crippen molar-refractivity contribution in [3.63, 3.8) is 0 Å². The summed E-state index contributed by atoms with van der Waals surface area (Å²) in [5, 5.41) is 3.27. The number of hydrogen-bond acceptors (Lipinski definition) is 7. The van der Waals surface area contributed by atoms with Crippen molar-refractivity contribution in [2.45, 2.75) is 18.8 Å². The summed E-state index contributed by atoms with van der Waals surface area (Å²) in [6.45, 7) is 3.08. The standard InChI is InChI=1S/C19H23Cl2N7O3/c1-25-16-15(17(30)24-19(25)31)28(9-11-2-3-12(20)13(21)8-11)18(23-16)27-6-4-26(5-7-27)10-14(22)29/h2-3,8,15-16H,4-7,9-10H2,1H3,(H2,22,29)(H,24,30,31). The van der Waals surface area contributed by atoms with E-state index in [1.807, 2.05) is 15.9 Å². The lowest BCUT2D eigenvalue weighted by atomic mass is 10.1. The molecular formula is C19H23Cl2N7O3. The third-order valence-corrected chi connectivity index (χ3v) is 6.45. The molecule has 4 amide bonds. The molecule has 10 nitrogen and oxygen atoms in total. The third kappa shape index (κ3) is 4.28. The molecule has 1 aromatic carbocycles. The summed E-state index contributed by atoms with van der Waals surface area (Å²) >= 11 is 12.2. The second kappa shape index (κ2) is 8.52. The number of nitrogens with two attached hydrogens (primary N) is 1. The van der Waals surface area contributed by atoms with Gasteiger partial charge >= 0.3 is 6.03 Å². The van der Waals surface area contributed by atoms with Gasteiger partial charge < -0.3 is 20.4 Å². The van der Waals surface area contributed by atoms with Gasteiger partial charge in [-0.25, -0.2) is 9.79 Å². The first kappa shape index (κ1) is 21.7. The SMILES string of the molecule is CN1C(=O)NC(=O)C2C1N=C(N1CCN(CC(N)=O)CC1)N2Cc1ccc(Cl)c(Cl)c1. The van der Waals surface area contributed by atoms with Gasteiger partial charge in [-0.05, 0) is 17.7 Å². The van der Waals surface area contributed by atoms with Crippen LogP contribution in [0.25, 0.3) is 0 Å². The lowest BCUT2D eigenvalue weighted by Crippen LogP contribution is -2.64. The van der Waals surface area contributed by atoms with E-state index in [1.165, 1.54) is 4.90 Å². The van der Waals surface area contributed by atoms with Crippen molar-refractivity contribution in [2.24, 2.45) is 10.7 Å². The Hall–Kier alpha value is -2.56. The monoisotopic (exact) mass is 467 g/mol. The highest BCUT2D eigenvalue weighted by Crippen LogP contribution is 2.29. The molecule has 0 radical (unpaired) electrons. The molecule has 0 spiro atoms. The number of rotatable bonds is 4. The van der Waals surface area contributed by atoms with E-state index in [0.717, 1.165) is 5.56 Å². The van der Waals surface area contributed by atoms with E-state index in [1.54, 1.807) is 19.2 Å². The summed E-state index contributed by atoms with van der Waals surface area (Å²) < 4.78 is 0. The molecule has 2 unspecified atom stereocenters. The zero-order valence-corrected chi connectivity index (χ0v) is 18.4. The number of nitrogens with one attached hydrogen (secondary N) is 1. The van der Waals surface area contributed by atoms with Crippen LogP contribution >= 0.6 is 23.2 Å². The summed E-state index contributed by atoms with van der Waals surface area (Å²) in [7, 11) is 1.62. The molecular weight excluding hydrogens is 445 g/mol. The number of primary amides is 1. The normalized spacial score (nSPS) is 24.2. The van der Waals surface area contributed by atoms with Crippen molar-refractivity contribution in [1.29, 1.82) is 0 Å². The van der Waals surface area contributed by atoms with Crippen molar-refractivity contribution in [1.82, 2.24) is 24.9 Å². The molecule has 0 saturated carbocycles. The molecule has 4 rings (SSSR count). The van der Waals surface area contributed by atoms with E-state index >= 15 is 0 Å². The highest BCUT2D eigenvalue weighted by atomic mass is 35.5. The van der Waals surface area contributed by atoms with Crippen LogP contribution in [-0.2, 0) is 16.1 Å². The molecule has 1 aromatic rings. The molecule has 2 atom stereocenters. The Morgan fingerprint density at radius 3 is 2.55 bits per heavy atom. The number of aliphatic imine (C=N–C) groups is 1. The summed E-state index contributed by atoms with van der Waals surface area (Å²) in [5.74, 6) is -0.119. The first-order valence-corrected chi connectivity index (χ1v) is 10.6. The molecule has 31 heavy (non-hydrogen) atoms. The van der Waals surface area contributed by atoms with Crippen LogP contribution in [-0.4, -0.2) is 95.4 Å². The predicted octanol–water partition coefficient (Wildman–Crippen LogP) is 0.144. The maximum atomic E-state index is 12.8. The molecule has 0 aromatic heterocycles. The summed E-state index contributed by atoms with van der Waals surface area (Å²) in [6, 6.07) is 4.19. The van der Waals surface area contributed by atoms with Crippen molar-refractivity contribution >= 4 is 47.0 Å². The van der Waals surface area contributed by atoms with Gasteiger partial charge in [0.2, 0.25) is 5.91 Å². The zero-order chi connectivity index (χ0) is 22.3. The van der Waals surface area contributed by atoms with Crippen LogP contribution in [0.2, 0.25) is 10.0 Å². The maximum Gasteiger partial charge on any atom is 0.325 e. The maximum absolute atomic E-state index is 12.8. The molecule has 3 aliphatic heterocycles. The number of benzene rings is 1. The third-order valence-electron chi connectivity index (χ3n) is 5.71. The van der Waals surface area contributed by atoms with Gasteiger partial charge in [-0.2, -0.15) is 0 Å². The molecule has 0 bridgehead atoms.